The van der Waals surface area contributed by atoms with Crippen molar-refractivity contribution >= 4 is 21.8 Å². The number of hydrogen-bond acceptors (Lipinski definition) is 4. The quantitative estimate of drug-likeness (QED) is 0.652. The summed E-state index contributed by atoms with van der Waals surface area (Å²) in [7, 11) is -1.48. The van der Waals surface area contributed by atoms with Crippen molar-refractivity contribution in [3.63, 3.8) is 0 Å². The third kappa shape index (κ3) is 5.70. The summed E-state index contributed by atoms with van der Waals surface area (Å²) in [6, 6.07) is 15.2. The second-order valence-electron chi connectivity index (χ2n) is 7.30. The number of ether oxygens (including phenoxy) is 1. The number of amides is 1. The first-order valence-electron chi connectivity index (χ1n) is 9.81. The Balaban J connectivity index is 1.78. The van der Waals surface area contributed by atoms with E-state index < -0.39 is 9.84 Å². The number of carbonyl (C=O) groups is 1. The van der Waals surface area contributed by atoms with E-state index in [0.29, 0.717) is 13.0 Å². The van der Waals surface area contributed by atoms with Crippen molar-refractivity contribution in [2.75, 3.05) is 18.6 Å². The Morgan fingerprint density at radius 1 is 1.10 bits per heavy atom. The lowest BCUT2D eigenvalue weighted by molar-refractivity contribution is -0.128. The molecule has 3 rings (SSSR count). The summed E-state index contributed by atoms with van der Waals surface area (Å²) in [5.74, 6) is 0.741. The van der Waals surface area contributed by atoms with Gasteiger partial charge < -0.3 is 9.64 Å². The fraction of sp³-hybridized carbons (Fsp3) is 0.348. The summed E-state index contributed by atoms with van der Waals surface area (Å²) in [6.07, 6.45) is 4.71. The van der Waals surface area contributed by atoms with Gasteiger partial charge in [0, 0.05) is 18.7 Å². The highest BCUT2D eigenvalue weighted by molar-refractivity contribution is 7.91. The van der Waals surface area contributed by atoms with Gasteiger partial charge in [-0.25, -0.2) is 8.42 Å². The topological polar surface area (TPSA) is 63.7 Å². The molecule has 1 atom stereocenters. The third-order valence-corrected chi connectivity index (χ3v) is 7.00. The van der Waals surface area contributed by atoms with Gasteiger partial charge in [0.25, 0.3) is 0 Å². The van der Waals surface area contributed by atoms with Crippen LogP contribution in [0.3, 0.4) is 0 Å². The minimum Gasteiger partial charge on any atom is -0.497 e. The Morgan fingerprint density at radius 3 is 2.31 bits per heavy atom. The number of hydrogen-bond donors (Lipinski definition) is 0. The fourth-order valence-corrected chi connectivity index (χ4v) is 5.19. The Morgan fingerprint density at radius 2 is 1.76 bits per heavy atom. The Hall–Kier alpha value is -2.60. The predicted molar refractivity (Wildman–Crippen MR) is 115 cm³/mol. The van der Waals surface area contributed by atoms with Crippen molar-refractivity contribution in [2.45, 2.75) is 32.4 Å². The summed E-state index contributed by atoms with van der Waals surface area (Å²) in [5, 5.41) is 0. The van der Waals surface area contributed by atoms with E-state index in [-0.39, 0.29) is 23.5 Å². The lowest BCUT2D eigenvalue weighted by Crippen LogP contribution is -2.39. The Bertz CT molecular complexity index is 963. The fourth-order valence-electron chi connectivity index (χ4n) is 3.46. The molecule has 29 heavy (non-hydrogen) atoms. The van der Waals surface area contributed by atoms with Crippen LogP contribution in [0.25, 0.3) is 6.08 Å². The van der Waals surface area contributed by atoms with Gasteiger partial charge in [0.2, 0.25) is 5.91 Å². The second-order valence-corrected chi connectivity index (χ2v) is 9.53. The van der Waals surface area contributed by atoms with E-state index in [9.17, 15) is 13.2 Å². The number of sulfone groups is 1. The van der Waals surface area contributed by atoms with Gasteiger partial charge >= 0.3 is 0 Å². The van der Waals surface area contributed by atoms with E-state index in [1.54, 1.807) is 18.1 Å². The van der Waals surface area contributed by atoms with Crippen LogP contribution < -0.4 is 4.74 Å². The molecule has 0 aromatic heterocycles. The maximum atomic E-state index is 13.0. The molecular formula is C23H27NO4S. The van der Waals surface area contributed by atoms with Gasteiger partial charge in [-0.1, -0.05) is 43.3 Å². The van der Waals surface area contributed by atoms with Gasteiger partial charge in [-0.3, -0.25) is 4.79 Å². The van der Waals surface area contributed by atoms with E-state index in [2.05, 4.69) is 19.1 Å². The molecule has 1 aliphatic rings. The first-order valence-corrected chi connectivity index (χ1v) is 11.6. The van der Waals surface area contributed by atoms with Gasteiger partial charge in [0.05, 0.1) is 18.6 Å². The van der Waals surface area contributed by atoms with Crippen LogP contribution in [0, 0.1) is 0 Å². The molecule has 1 unspecified atom stereocenters. The highest BCUT2D eigenvalue weighted by Crippen LogP contribution is 2.21. The van der Waals surface area contributed by atoms with Crippen molar-refractivity contribution < 1.29 is 17.9 Å². The van der Waals surface area contributed by atoms with Gasteiger partial charge in [-0.05, 0) is 47.7 Å². The number of nitrogens with zero attached hydrogens (tertiary/aromatic N) is 1. The number of benzene rings is 2. The molecule has 2 aromatic rings. The highest BCUT2D eigenvalue weighted by Gasteiger charge is 2.34. The molecule has 0 bridgehead atoms. The van der Waals surface area contributed by atoms with Crippen LogP contribution in [0.2, 0.25) is 0 Å². The van der Waals surface area contributed by atoms with Crippen LogP contribution in [0.4, 0.5) is 0 Å². The molecule has 1 fully saturated rings. The van der Waals surface area contributed by atoms with Crippen LogP contribution in [-0.2, 0) is 27.6 Å². The van der Waals surface area contributed by atoms with Gasteiger partial charge in [-0.15, -0.1) is 0 Å². The monoisotopic (exact) mass is 413 g/mol. The standard InChI is InChI=1S/C23H27NO4S/c1-3-18-4-6-20(7-5-18)16-24(21-14-15-29(26,27)17-21)23(25)13-10-19-8-11-22(28-2)12-9-19/h4-13,21H,3,14-17H2,1-2H3/b13-10+. The molecule has 0 aliphatic carbocycles. The summed E-state index contributed by atoms with van der Waals surface area (Å²) in [4.78, 5) is 14.7. The molecule has 0 N–H and O–H groups in total. The number of aryl methyl sites for hydroxylation is 1. The molecule has 0 spiro atoms. The molecule has 0 radical (unpaired) electrons. The second kappa shape index (κ2) is 9.27. The van der Waals surface area contributed by atoms with Gasteiger partial charge in [-0.2, -0.15) is 0 Å². The zero-order chi connectivity index (χ0) is 20.9. The summed E-state index contributed by atoms with van der Waals surface area (Å²) < 4.78 is 29.1. The molecule has 0 saturated carbocycles. The molecular weight excluding hydrogens is 386 g/mol. The van der Waals surface area contributed by atoms with Crippen LogP contribution in [-0.4, -0.2) is 43.9 Å². The molecule has 6 heteroatoms. The lowest BCUT2D eigenvalue weighted by Gasteiger charge is -2.27. The van der Waals surface area contributed by atoms with Crippen LogP contribution in [0.5, 0.6) is 5.75 Å². The molecule has 2 aromatic carbocycles. The molecule has 1 heterocycles. The normalized spacial score (nSPS) is 18.1. The predicted octanol–water partition coefficient (Wildman–Crippen LogP) is 3.49. The van der Waals surface area contributed by atoms with Crippen LogP contribution >= 0.6 is 0 Å². The summed E-state index contributed by atoms with van der Waals surface area (Å²) in [6.45, 7) is 2.49. The van der Waals surface area contributed by atoms with E-state index >= 15 is 0 Å². The number of methoxy groups -OCH3 is 1. The average Bonchev–Trinajstić information content (AvgIpc) is 3.10. The summed E-state index contributed by atoms with van der Waals surface area (Å²) >= 11 is 0. The summed E-state index contributed by atoms with van der Waals surface area (Å²) in [5.41, 5.74) is 3.11. The largest absolute Gasteiger partial charge is 0.497 e. The van der Waals surface area contributed by atoms with Crippen molar-refractivity contribution in [1.82, 2.24) is 4.90 Å². The van der Waals surface area contributed by atoms with Crippen LogP contribution in [0.1, 0.15) is 30.0 Å². The zero-order valence-electron chi connectivity index (χ0n) is 16.9. The van der Waals surface area contributed by atoms with Crippen molar-refractivity contribution in [3.05, 3.63) is 71.3 Å². The lowest BCUT2D eigenvalue weighted by atomic mass is 10.1. The Labute approximate surface area is 172 Å². The molecule has 1 saturated heterocycles. The highest BCUT2D eigenvalue weighted by atomic mass is 32.2. The molecule has 154 valence electrons. The third-order valence-electron chi connectivity index (χ3n) is 5.25. The van der Waals surface area contributed by atoms with E-state index in [0.717, 1.165) is 23.3 Å². The molecule has 1 amide bonds. The minimum atomic E-state index is -3.08. The van der Waals surface area contributed by atoms with Gasteiger partial charge in [0.15, 0.2) is 9.84 Å². The first kappa shape index (κ1) is 21.1. The maximum absolute atomic E-state index is 13.0. The van der Waals surface area contributed by atoms with Crippen LogP contribution in [0.15, 0.2) is 54.6 Å². The number of carbonyl (C=O) groups excluding carboxylic acids is 1. The van der Waals surface area contributed by atoms with E-state index in [4.69, 9.17) is 4.74 Å². The smallest absolute Gasteiger partial charge is 0.247 e. The van der Waals surface area contributed by atoms with Gasteiger partial charge in [0.1, 0.15) is 5.75 Å². The minimum absolute atomic E-state index is 0.0299. The Kier molecular flexibility index (Phi) is 6.75. The molecule has 1 aliphatic heterocycles. The van der Waals surface area contributed by atoms with E-state index in [1.807, 2.05) is 36.4 Å². The average molecular weight is 414 g/mol. The first-order chi connectivity index (χ1) is 13.9. The maximum Gasteiger partial charge on any atom is 0.247 e. The number of rotatable bonds is 7. The van der Waals surface area contributed by atoms with Crippen molar-refractivity contribution in [2.24, 2.45) is 0 Å². The SMILES string of the molecule is CCc1ccc(CN(C(=O)/C=C/c2ccc(OC)cc2)C2CCS(=O)(=O)C2)cc1. The van der Waals surface area contributed by atoms with Crippen molar-refractivity contribution in [1.29, 1.82) is 0 Å². The zero-order valence-corrected chi connectivity index (χ0v) is 17.7. The van der Waals surface area contributed by atoms with Crippen molar-refractivity contribution in [3.8, 4) is 5.75 Å². The van der Waals surface area contributed by atoms with E-state index in [1.165, 1.54) is 11.6 Å². The molecule has 5 nitrogen and oxygen atoms in total.